The number of nitrogens with zero attached hydrogens (tertiary/aromatic N) is 2. The molecular formula is C10H19N3O2S. The van der Waals surface area contributed by atoms with Crippen molar-refractivity contribution in [3.8, 4) is 0 Å². The summed E-state index contributed by atoms with van der Waals surface area (Å²) in [5.41, 5.74) is 0. The van der Waals surface area contributed by atoms with Gasteiger partial charge in [0, 0.05) is 6.54 Å². The summed E-state index contributed by atoms with van der Waals surface area (Å²) >= 11 is 3.96. The number of hydrogen-bond donors (Lipinski definition) is 2. The van der Waals surface area contributed by atoms with Gasteiger partial charge in [-0.3, -0.25) is 4.72 Å². The van der Waals surface area contributed by atoms with E-state index >= 15 is 0 Å². The van der Waals surface area contributed by atoms with Gasteiger partial charge in [-0.1, -0.05) is 26.7 Å². The summed E-state index contributed by atoms with van der Waals surface area (Å²) in [6.07, 6.45) is 0. The Morgan fingerprint density at radius 2 is 1.88 bits per heavy atom. The Balaban J connectivity index is 2.92. The van der Waals surface area contributed by atoms with Crippen LogP contribution in [0, 0.1) is 5.92 Å². The van der Waals surface area contributed by atoms with Crippen molar-refractivity contribution in [1.82, 2.24) is 4.72 Å². The van der Waals surface area contributed by atoms with Crippen LogP contribution in [0.5, 0.6) is 0 Å². The van der Waals surface area contributed by atoms with Crippen LogP contribution in [0.25, 0.3) is 0 Å². The van der Waals surface area contributed by atoms with E-state index in [1.807, 2.05) is 0 Å². The fraction of sp³-hybridized carbons (Fsp3) is 0.800. The van der Waals surface area contributed by atoms with Crippen molar-refractivity contribution in [2.24, 2.45) is 15.9 Å². The van der Waals surface area contributed by atoms with Crippen LogP contribution in [0.3, 0.4) is 0 Å². The van der Waals surface area contributed by atoms with Gasteiger partial charge in [-0.15, -0.1) is 0 Å². The highest BCUT2D eigenvalue weighted by molar-refractivity contribution is 7.78. The molecule has 0 aromatic heterocycles. The Hall–Kier alpha value is -0.750. The van der Waals surface area contributed by atoms with E-state index in [0.717, 1.165) is 0 Å². The van der Waals surface area contributed by atoms with E-state index in [1.54, 1.807) is 14.2 Å². The molecule has 6 heteroatoms. The molecule has 1 heterocycles. The molecule has 92 valence electrons. The highest BCUT2D eigenvalue weighted by Crippen LogP contribution is 2.17. The normalized spacial score (nSPS) is 25.1. The topological polar surface area (TPSA) is 55.2 Å². The molecule has 16 heavy (non-hydrogen) atoms. The van der Waals surface area contributed by atoms with Gasteiger partial charge in [-0.25, -0.2) is 9.98 Å². The molecule has 2 unspecified atom stereocenters. The third-order valence-electron chi connectivity index (χ3n) is 2.42. The summed E-state index contributed by atoms with van der Waals surface area (Å²) in [5.74, 6) is 1.61. The third-order valence-corrected chi connectivity index (χ3v) is 2.60. The first kappa shape index (κ1) is 13.3. The van der Waals surface area contributed by atoms with E-state index in [9.17, 15) is 0 Å². The lowest BCUT2D eigenvalue weighted by atomic mass is 10.0. The van der Waals surface area contributed by atoms with Gasteiger partial charge in [0.15, 0.2) is 0 Å². The summed E-state index contributed by atoms with van der Waals surface area (Å²) < 4.78 is 13.3. The molecule has 1 aliphatic rings. The number of nitrogens with one attached hydrogen (secondary N) is 1. The first-order valence-electron chi connectivity index (χ1n) is 5.24. The zero-order valence-electron chi connectivity index (χ0n) is 10.1. The molecule has 0 amide bonds. The molecule has 0 spiro atoms. The average Bonchev–Trinajstić information content (AvgIpc) is 2.28. The van der Waals surface area contributed by atoms with Crippen LogP contribution < -0.4 is 4.72 Å². The van der Waals surface area contributed by atoms with Gasteiger partial charge < -0.3 is 9.47 Å². The number of aliphatic imine (C=N–C) groups is 2. The van der Waals surface area contributed by atoms with E-state index in [1.165, 1.54) is 0 Å². The van der Waals surface area contributed by atoms with Crippen molar-refractivity contribution in [3.05, 3.63) is 0 Å². The summed E-state index contributed by atoms with van der Waals surface area (Å²) in [7, 11) is 3.22. The molecule has 0 saturated heterocycles. The molecule has 0 aliphatic carbocycles. The second-order valence-electron chi connectivity index (χ2n) is 3.91. The lowest BCUT2D eigenvalue weighted by molar-refractivity contribution is 0.333. The predicted octanol–water partition coefficient (Wildman–Crippen LogP) is 0.917. The van der Waals surface area contributed by atoms with Crippen LogP contribution in [0.1, 0.15) is 13.8 Å². The van der Waals surface area contributed by atoms with Gasteiger partial charge in [0.05, 0.1) is 14.2 Å². The third kappa shape index (κ3) is 2.89. The minimum absolute atomic E-state index is 0.0592. The fourth-order valence-electron chi connectivity index (χ4n) is 1.58. The number of ether oxygens (including phenoxy) is 2. The van der Waals surface area contributed by atoms with Crippen molar-refractivity contribution < 1.29 is 9.47 Å². The second-order valence-corrected chi connectivity index (χ2v) is 4.23. The molecule has 0 saturated carbocycles. The van der Waals surface area contributed by atoms with Crippen LogP contribution in [-0.2, 0) is 9.47 Å². The smallest absolute Gasteiger partial charge is 0.210 e. The van der Waals surface area contributed by atoms with Crippen LogP contribution >= 0.6 is 12.8 Å². The Morgan fingerprint density at radius 1 is 1.25 bits per heavy atom. The summed E-state index contributed by atoms with van der Waals surface area (Å²) in [4.78, 5) is 8.99. The Kier molecular flexibility index (Phi) is 5.08. The molecule has 1 rings (SSSR count). The number of hydrogen-bond acceptors (Lipinski definition) is 6. The standard InChI is InChI=1S/C10H19N3O2S/c1-6(2)8-10(15-4)12-7(5-11-16)9(13-8)14-3/h6-8,11,16H,5H2,1-4H3. The zero-order chi connectivity index (χ0) is 12.1. The molecule has 0 radical (unpaired) electrons. The summed E-state index contributed by atoms with van der Waals surface area (Å²) in [6.45, 7) is 4.72. The van der Waals surface area contributed by atoms with E-state index in [2.05, 4.69) is 41.4 Å². The maximum atomic E-state index is 5.27. The average molecular weight is 245 g/mol. The monoisotopic (exact) mass is 245 g/mol. The van der Waals surface area contributed by atoms with Crippen LogP contribution in [0.4, 0.5) is 0 Å². The first-order valence-corrected chi connectivity index (χ1v) is 5.69. The van der Waals surface area contributed by atoms with Gasteiger partial charge in [0.25, 0.3) is 0 Å². The molecular weight excluding hydrogens is 226 g/mol. The molecule has 0 aromatic rings. The minimum Gasteiger partial charge on any atom is -0.483 e. The van der Waals surface area contributed by atoms with Crippen LogP contribution in [-0.4, -0.2) is 44.6 Å². The van der Waals surface area contributed by atoms with Crippen LogP contribution in [0.15, 0.2) is 9.98 Å². The SMILES string of the molecule is COC1=NC(C(C)C)C(OC)=NC1CNS. The molecule has 2 atom stereocenters. The molecule has 0 bridgehead atoms. The fourth-order valence-corrected chi connectivity index (χ4v) is 1.75. The van der Waals surface area contributed by atoms with E-state index in [0.29, 0.717) is 24.3 Å². The Bertz CT molecular complexity index is 292. The van der Waals surface area contributed by atoms with E-state index in [-0.39, 0.29) is 12.1 Å². The van der Waals surface area contributed by atoms with Gasteiger partial charge in [0.1, 0.15) is 12.1 Å². The predicted molar refractivity (Wildman–Crippen MR) is 68.3 cm³/mol. The largest absolute Gasteiger partial charge is 0.483 e. The van der Waals surface area contributed by atoms with E-state index in [4.69, 9.17) is 9.47 Å². The first-order chi connectivity index (χ1) is 7.63. The van der Waals surface area contributed by atoms with Gasteiger partial charge in [0.2, 0.25) is 11.8 Å². The molecule has 5 nitrogen and oxygen atoms in total. The molecule has 1 N–H and O–H groups in total. The van der Waals surface area contributed by atoms with Gasteiger partial charge in [-0.05, 0) is 5.92 Å². The Labute approximate surface area is 102 Å². The van der Waals surface area contributed by atoms with Crippen molar-refractivity contribution in [3.63, 3.8) is 0 Å². The quantitative estimate of drug-likeness (QED) is 0.727. The van der Waals surface area contributed by atoms with Crippen molar-refractivity contribution in [1.29, 1.82) is 0 Å². The van der Waals surface area contributed by atoms with E-state index < -0.39 is 0 Å². The van der Waals surface area contributed by atoms with Crippen molar-refractivity contribution >= 4 is 24.6 Å². The molecule has 0 aromatic carbocycles. The van der Waals surface area contributed by atoms with Gasteiger partial charge in [-0.2, -0.15) is 0 Å². The number of thiol groups is 1. The minimum atomic E-state index is -0.160. The highest BCUT2D eigenvalue weighted by atomic mass is 32.1. The number of rotatable bonds is 3. The number of methoxy groups -OCH3 is 2. The second kappa shape index (κ2) is 6.10. The zero-order valence-corrected chi connectivity index (χ0v) is 11.0. The highest BCUT2D eigenvalue weighted by Gasteiger charge is 2.30. The maximum absolute atomic E-state index is 5.27. The molecule has 1 aliphatic heterocycles. The molecule has 0 fully saturated rings. The maximum Gasteiger partial charge on any atom is 0.210 e. The van der Waals surface area contributed by atoms with Crippen LogP contribution in [0.2, 0.25) is 0 Å². The summed E-state index contributed by atoms with van der Waals surface area (Å²) in [5, 5.41) is 0. The van der Waals surface area contributed by atoms with Crippen molar-refractivity contribution in [2.75, 3.05) is 20.8 Å². The summed E-state index contributed by atoms with van der Waals surface area (Å²) in [6, 6.07) is -0.219. The lowest BCUT2D eigenvalue weighted by Crippen LogP contribution is -2.40. The lowest BCUT2D eigenvalue weighted by Gasteiger charge is -2.26. The van der Waals surface area contributed by atoms with Crippen molar-refractivity contribution in [2.45, 2.75) is 25.9 Å². The Morgan fingerprint density at radius 3 is 2.31 bits per heavy atom. The van der Waals surface area contributed by atoms with Gasteiger partial charge >= 0.3 is 0 Å².